The highest BCUT2D eigenvalue weighted by Crippen LogP contribution is 2.26. The van der Waals surface area contributed by atoms with Crippen LogP contribution in [0.2, 0.25) is 0 Å². The lowest BCUT2D eigenvalue weighted by Gasteiger charge is -2.18. The Hall–Kier alpha value is -3.48. The van der Waals surface area contributed by atoms with Crippen molar-refractivity contribution < 1.29 is 23.9 Å². The zero-order chi connectivity index (χ0) is 21.8. The van der Waals surface area contributed by atoms with Crippen molar-refractivity contribution in [1.29, 1.82) is 0 Å². The Labute approximate surface area is 175 Å². The lowest BCUT2D eigenvalue weighted by Crippen LogP contribution is -2.33. The number of benzene rings is 2. The first kappa shape index (κ1) is 21.2. The number of aryl methyl sites for hydroxylation is 1. The minimum atomic E-state index is -1.07. The molecule has 1 aliphatic heterocycles. The van der Waals surface area contributed by atoms with E-state index in [1.54, 1.807) is 29.2 Å². The minimum Gasteiger partial charge on any atom is -0.452 e. The van der Waals surface area contributed by atoms with Gasteiger partial charge in [0.05, 0.1) is 11.6 Å². The van der Waals surface area contributed by atoms with Gasteiger partial charge in [-0.3, -0.25) is 19.2 Å². The third kappa shape index (κ3) is 4.74. The van der Waals surface area contributed by atoms with Gasteiger partial charge in [0, 0.05) is 24.2 Å². The highest BCUT2D eigenvalue weighted by molar-refractivity contribution is 6.05. The summed E-state index contributed by atoms with van der Waals surface area (Å²) in [4.78, 5) is 50.6. The van der Waals surface area contributed by atoms with Crippen molar-refractivity contribution in [3.8, 4) is 0 Å². The SMILES string of the molecule is CC(=O)c1ccccc1NC(=O)[C@@H](C)OC(=O)[C@H]1CC(=O)N(c2ccc(C)cc2)C1. The Bertz CT molecular complexity index is 983. The summed E-state index contributed by atoms with van der Waals surface area (Å²) in [6.45, 7) is 5.03. The molecule has 1 heterocycles. The number of Topliss-reactive ketones (excluding diaryl/α,β-unsaturated/α-hetero) is 1. The number of esters is 1. The highest BCUT2D eigenvalue weighted by Gasteiger charge is 2.37. The van der Waals surface area contributed by atoms with Crippen LogP contribution in [0, 0.1) is 12.8 Å². The quantitative estimate of drug-likeness (QED) is 0.586. The molecule has 2 aromatic rings. The number of ketones is 1. The third-order valence-corrected chi connectivity index (χ3v) is 5.03. The van der Waals surface area contributed by atoms with Crippen molar-refractivity contribution in [2.24, 2.45) is 5.92 Å². The number of rotatable bonds is 6. The van der Waals surface area contributed by atoms with Crippen LogP contribution in [-0.4, -0.2) is 36.2 Å². The second-order valence-corrected chi connectivity index (χ2v) is 7.41. The minimum absolute atomic E-state index is 0.0359. The molecule has 1 fully saturated rings. The first-order valence-electron chi connectivity index (χ1n) is 9.74. The summed E-state index contributed by atoms with van der Waals surface area (Å²) in [5.74, 6) is -2.12. The van der Waals surface area contributed by atoms with Gasteiger partial charge < -0.3 is 15.0 Å². The molecular formula is C23H24N2O5. The topological polar surface area (TPSA) is 92.8 Å². The molecule has 3 rings (SSSR count). The Morgan fingerprint density at radius 1 is 1.10 bits per heavy atom. The number of hydrogen-bond acceptors (Lipinski definition) is 5. The number of amides is 2. The summed E-state index contributed by atoms with van der Waals surface area (Å²) in [6.07, 6.45) is -1.03. The average molecular weight is 408 g/mol. The van der Waals surface area contributed by atoms with Crippen molar-refractivity contribution in [1.82, 2.24) is 0 Å². The second kappa shape index (κ2) is 8.90. The van der Waals surface area contributed by atoms with Crippen LogP contribution in [0.5, 0.6) is 0 Å². The first-order valence-corrected chi connectivity index (χ1v) is 9.74. The van der Waals surface area contributed by atoms with Gasteiger partial charge in [0.1, 0.15) is 0 Å². The fraction of sp³-hybridized carbons (Fsp3) is 0.304. The fourth-order valence-electron chi connectivity index (χ4n) is 3.30. The van der Waals surface area contributed by atoms with E-state index in [2.05, 4.69) is 5.32 Å². The number of para-hydroxylation sites is 1. The molecule has 0 aromatic heterocycles. The van der Waals surface area contributed by atoms with Crippen LogP contribution < -0.4 is 10.2 Å². The Balaban J connectivity index is 1.60. The lowest BCUT2D eigenvalue weighted by atomic mass is 10.1. The molecule has 0 radical (unpaired) electrons. The van der Waals surface area contributed by atoms with E-state index >= 15 is 0 Å². The molecule has 2 amide bonds. The molecule has 1 saturated heterocycles. The Morgan fingerprint density at radius 3 is 2.43 bits per heavy atom. The highest BCUT2D eigenvalue weighted by atomic mass is 16.5. The molecular weight excluding hydrogens is 384 g/mol. The molecule has 7 heteroatoms. The van der Waals surface area contributed by atoms with Crippen molar-refractivity contribution in [2.45, 2.75) is 33.3 Å². The number of ether oxygens (including phenoxy) is 1. The van der Waals surface area contributed by atoms with Crippen LogP contribution in [0.3, 0.4) is 0 Å². The molecule has 0 unspecified atom stereocenters. The monoisotopic (exact) mass is 408 g/mol. The average Bonchev–Trinajstić information content (AvgIpc) is 3.10. The van der Waals surface area contributed by atoms with Gasteiger partial charge in [-0.1, -0.05) is 29.8 Å². The van der Waals surface area contributed by atoms with Gasteiger partial charge >= 0.3 is 5.97 Å². The van der Waals surface area contributed by atoms with Crippen LogP contribution in [0.4, 0.5) is 11.4 Å². The predicted molar refractivity (Wildman–Crippen MR) is 112 cm³/mol. The Morgan fingerprint density at radius 2 is 1.77 bits per heavy atom. The van der Waals surface area contributed by atoms with Gasteiger partial charge in [0.25, 0.3) is 5.91 Å². The van der Waals surface area contributed by atoms with Crippen LogP contribution in [0.15, 0.2) is 48.5 Å². The normalized spacial score (nSPS) is 16.8. The summed E-state index contributed by atoms with van der Waals surface area (Å²) in [5.41, 5.74) is 2.54. The summed E-state index contributed by atoms with van der Waals surface area (Å²) >= 11 is 0. The molecule has 1 N–H and O–H groups in total. The molecule has 1 aliphatic rings. The Kier molecular flexibility index (Phi) is 6.30. The first-order chi connectivity index (χ1) is 14.3. The van der Waals surface area contributed by atoms with Crippen LogP contribution in [0.25, 0.3) is 0 Å². The van der Waals surface area contributed by atoms with Gasteiger partial charge in [-0.25, -0.2) is 0 Å². The summed E-state index contributed by atoms with van der Waals surface area (Å²) in [6, 6.07) is 14.1. The fourth-order valence-corrected chi connectivity index (χ4v) is 3.30. The number of nitrogens with zero attached hydrogens (tertiary/aromatic N) is 1. The van der Waals surface area contributed by atoms with E-state index < -0.39 is 23.9 Å². The van der Waals surface area contributed by atoms with E-state index in [-0.39, 0.29) is 24.7 Å². The van der Waals surface area contributed by atoms with E-state index in [9.17, 15) is 19.2 Å². The summed E-state index contributed by atoms with van der Waals surface area (Å²) in [7, 11) is 0. The third-order valence-electron chi connectivity index (χ3n) is 5.03. The number of hydrogen-bond donors (Lipinski definition) is 1. The van der Waals surface area contributed by atoms with Gasteiger partial charge in [-0.15, -0.1) is 0 Å². The van der Waals surface area contributed by atoms with Crippen molar-refractivity contribution in [3.05, 3.63) is 59.7 Å². The van der Waals surface area contributed by atoms with E-state index in [1.807, 2.05) is 31.2 Å². The summed E-state index contributed by atoms with van der Waals surface area (Å²) in [5, 5.41) is 2.62. The molecule has 2 aromatic carbocycles. The molecule has 2 atom stereocenters. The standard InChI is InChI=1S/C23H24N2O5/c1-14-8-10-18(11-9-14)25-13-17(12-21(25)27)23(29)30-16(3)22(28)24-20-7-5-4-6-19(20)15(2)26/h4-11,16-17H,12-13H2,1-3H3,(H,24,28)/t16-,17+/m1/s1. The number of nitrogens with one attached hydrogen (secondary N) is 1. The molecule has 7 nitrogen and oxygen atoms in total. The zero-order valence-electron chi connectivity index (χ0n) is 17.2. The van der Waals surface area contributed by atoms with Gasteiger partial charge in [-0.2, -0.15) is 0 Å². The van der Waals surface area contributed by atoms with Crippen LogP contribution in [0.1, 0.15) is 36.2 Å². The second-order valence-electron chi connectivity index (χ2n) is 7.41. The van der Waals surface area contributed by atoms with Crippen molar-refractivity contribution in [3.63, 3.8) is 0 Å². The van der Waals surface area contributed by atoms with E-state index in [0.29, 0.717) is 11.3 Å². The zero-order valence-corrected chi connectivity index (χ0v) is 17.2. The predicted octanol–water partition coefficient (Wildman–Crippen LogP) is 3.12. The van der Waals surface area contributed by atoms with E-state index in [0.717, 1.165) is 11.3 Å². The van der Waals surface area contributed by atoms with Gasteiger partial charge in [0.15, 0.2) is 11.9 Å². The van der Waals surface area contributed by atoms with E-state index in [1.165, 1.54) is 13.8 Å². The summed E-state index contributed by atoms with van der Waals surface area (Å²) < 4.78 is 5.31. The number of anilines is 2. The maximum Gasteiger partial charge on any atom is 0.312 e. The van der Waals surface area contributed by atoms with Gasteiger partial charge in [-0.05, 0) is 45.0 Å². The van der Waals surface area contributed by atoms with Crippen molar-refractivity contribution in [2.75, 3.05) is 16.8 Å². The maximum atomic E-state index is 12.5. The largest absolute Gasteiger partial charge is 0.452 e. The number of carbonyl (C=O) groups is 4. The van der Waals surface area contributed by atoms with Gasteiger partial charge in [0.2, 0.25) is 5.91 Å². The molecule has 0 saturated carbocycles. The van der Waals surface area contributed by atoms with Crippen molar-refractivity contribution >= 4 is 34.9 Å². The smallest absolute Gasteiger partial charge is 0.312 e. The molecule has 156 valence electrons. The molecule has 30 heavy (non-hydrogen) atoms. The molecule has 0 aliphatic carbocycles. The van der Waals surface area contributed by atoms with Crippen LogP contribution >= 0.6 is 0 Å². The maximum absolute atomic E-state index is 12.5. The lowest BCUT2D eigenvalue weighted by molar-refractivity contribution is -0.157. The molecule has 0 spiro atoms. The van der Waals surface area contributed by atoms with E-state index in [4.69, 9.17) is 4.74 Å². The van der Waals surface area contributed by atoms with Crippen LogP contribution in [-0.2, 0) is 19.1 Å². The number of carbonyl (C=O) groups excluding carboxylic acids is 4. The molecule has 0 bridgehead atoms.